The van der Waals surface area contributed by atoms with Crippen LogP contribution in [0.5, 0.6) is 0 Å². The molecule has 4 heteroatoms. The number of hydrogen-bond donors (Lipinski definition) is 0. The number of carbonyl (C=O) groups excluding carboxylic acids is 2. The highest BCUT2D eigenvalue weighted by atomic mass is 16.5. The van der Waals surface area contributed by atoms with Crippen LogP contribution in [0.2, 0.25) is 0 Å². The van der Waals surface area contributed by atoms with Crippen molar-refractivity contribution in [1.82, 2.24) is 0 Å². The van der Waals surface area contributed by atoms with E-state index in [9.17, 15) is 9.59 Å². The summed E-state index contributed by atoms with van der Waals surface area (Å²) in [5.74, 6) is -0.339. The van der Waals surface area contributed by atoms with E-state index in [1.807, 2.05) is 6.92 Å². The minimum absolute atomic E-state index is 0.101. The summed E-state index contributed by atoms with van der Waals surface area (Å²) in [6.45, 7) is 2.35. The van der Waals surface area contributed by atoms with E-state index in [0.29, 0.717) is 6.61 Å². The largest absolute Gasteiger partial charge is 0.384 e. The molecule has 0 aliphatic heterocycles. The molecule has 1 unspecified atom stereocenters. The number of methoxy groups -OCH3 is 1. The normalized spacial score (nSPS) is 11.8. The Morgan fingerprint density at radius 3 is 2.82 bits per heavy atom. The highest BCUT2D eigenvalue weighted by molar-refractivity contribution is 5.81. The van der Waals surface area contributed by atoms with Crippen molar-refractivity contribution in [2.45, 2.75) is 13.3 Å². The standard InChI is InChI=1S/C7H11NO3/c1-6(4-11-2)3-7(10)8-5-9/h6H,3-4H2,1-2H3. The minimum Gasteiger partial charge on any atom is -0.384 e. The van der Waals surface area contributed by atoms with Gasteiger partial charge in [0.2, 0.25) is 6.08 Å². The van der Waals surface area contributed by atoms with E-state index >= 15 is 0 Å². The van der Waals surface area contributed by atoms with E-state index in [1.165, 1.54) is 6.08 Å². The molecular weight excluding hydrogens is 146 g/mol. The van der Waals surface area contributed by atoms with Gasteiger partial charge in [-0.05, 0) is 5.92 Å². The first-order chi connectivity index (χ1) is 5.20. The van der Waals surface area contributed by atoms with Crippen LogP contribution in [0.25, 0.3) is 0 Å². The summed E-state index contributed by atoms with van der Waals surface area (Å²) >= 11 is 0. The van der Waals surface area contributed by atoms with E-state index in [-0.39, 0.29) is 12.3 Å². The van der Waals surface area contributed by atoms with Gasteiger partial charge >= 0.3 is 0 Å². The summed E-state index contributed by atoms with van der Waals surface area (Å²) in [6, 6.07) is 0. The number of nitrogens with zero attached hydrogens (tertiary/aromatic N) is 1. The second kappa shape index (κ2) is 5.77. The van der Waals surface area contributed by atoms with Gasteiger partial charge in [-0.15, -0.1) is 4.99 Å². The molecule has 4 nitrogen and oxygen atoms in total. The molecule has 0 fully saturated rings. The first-order valence-electron chi connectivity index (χ1n) is 3.30. The van der Waals surface area contributed by atoms with Crippen molar-refractivity contribution < 1.29 is 14.3 Å². The quantitative estimate of drug-likeness (QED) is 0.441. The molecule has 1 atom stereocenters. The number of isocyanates is 1. The number of rotatable bonds is 4. The Morgan fingerprint density at radius 2 is 2.36 bits per heavy atom. The van der Waals surface area contributed by atoms with Crippen molar-refractivity contribution in [3.63, 3.8) is 0 Å². The van der Waals surface area contributed by atoms with Crippen molar-refractivity contribution in [3.8, 4) is 0 Å². The fourth-order valence-electron chi connectivity index (χ4n) is 0.738. The molecule has 0 aromatic carbocycles. The third-order valence-electron chi connectivity index (χ3n) is 1.14. The van der Waals surface area contributed by atoms with Gasteiger partial charge in [-0.3, -0.25) is 4.79 Å². The molecule has 11 heavy (non-hydrogen) atoms. The average molecular weight is 157 g/mol. The number of carbonyl (C=O) groups is 1. The lowest BCUT2D eigenvalue weighted by Crippen LogP contribution is -2.08. The molecule has 0 aromatic heterocycles. The maximum atomic E-state index is 10.6. The van der Waals surface area contributed by atoms with Gasteiger partial charge in [0.15, 0.2) is 0 Å². The molecule has 0 N–H and O–H groups in total. The smallest absolute Gasteiger partial charge is 0.256 e. The number of aliphatic imine (C=N–C) groups is 1. The van der Waals surface area contributed by atoms with Gasteiger partial charge in [-0.2, -0.15) is 0 Å². The average Bonchev–Trinajstić information content (AvgIpc) is 1.87. The SMILES string of the molecule is COCC(C)CC(=O)N=C=O. The fourth-order valence-corrected chi connectivity index (χ4v) is 0.738. The lowest BCUT2D eigenvalue weighted by Gasteiger charge is -2.04. The summed E-state index contributed by atoms with van der Waals surface area (Å²) in [5.41, 5.74) is 0. The Morgan fingerprint density at radius 1 is 1.73 bits per heavy atom. The molecule has 0 saturated carbocycles. The van der Waals surface area contributed by atoms with Gasteiger partial charge in [0.05, 0.1) is 0 Å². The van der Waals surface area contributed by atoms with Crippen LogP contribution in [0.15, 0.2) is 4.99 Å². The van der Waals surface area contributed by atoms with Crippen molar-refractivity contribution in [2.24, 2.45) is 10.9 Å². The van der Waals surface area contributed by atoms with Gasteiger partial charge in [0, 0.05) is 20.1 Å². The highest BCUT2D eigenvalue weighted by Crippen LogP contribution is 2.02. The van der Waals surface area contributed by atoms with Crippen LogP contribution in [-0.2, 0) is 14.3 Å². The Balaban J connectivity index is 3.65. The maximum Gasteiger partial charge on any atom is 0.256 e. The molecular formula is C7H11NO3. The monoisotopic (exact) mass is 157 g/mol. The number of amides is 1. The van der Waals surface area contributed by atoms with E-state index < -0.39 is 5.91 Å². The molecule has 1 amide bonds. The van der Waals surface area contributed by atoms with E-state index in [0.717, 1.165) is 0 Å². The van der Waals surface area contributed by atoms with E-state index in [2.05, 4.69) is 4.99 Å². The van der Waals surface area contributed by atoms with Crippen LogP contribution in [0, 0.1) is 5.92 Å². The zero-order chi connectivity index (χ0) is 8.69. The van der Waals surface area contributed by atoms with Gasteiger partial charge in [-0.1, -0.05) is 6.92 Å². The fraction of sp³-hybridized carbons (Fsp3) is 0.714. The Hall–Kier alpha value is -0.990. The van der Waals surface area contributed by atoms with Crippen LogP contribution >= 0.6 is 0 Å². The predicted octanol–water partition coefficient (Wildman–Crippen LogP) is 0.521. The van der Waals surface area contributed by atoms with Crippen LogP contribution in [-0.4, -0.2) is 25.7 Å². The van der Waals surface area contributed by atoms with Crippen LogP contribution < -0.4 is 0 Å². The van der Waals surface area contributed by atoms with Gasteiger partial charge < -0.3 is 4.74 Å². The predicted molar refractivity (Wildman–Crippen MR) is 38.8 cm³/mol. The molecule has 0 spiro atoms. The Labute approximate surface area is 65.3 Å². The summed E-state index contributed by atoms with van der Waals surface area (Å²) in [4.78, 5) is 23.2. The van der Waals surface area contributed by atoms with E-state index in [4.69, 9.17) is 4.74 Å². The van der Waals surface area contributed by atoms with Crippen LogP contribution in [0.4, 0.5) is 0 Å². The lowest BCUT2D eigenvalue weighted by molar-refractivity contribution is -0.118. The molecule has 62 valence electrons. The zero-order valence-corrected chi connectivity index (χ0v) is 6.66. The third kappa shape index (κ3) is 5.45. The van der Waals surface area contributed by atoms with Gasteiger partial charge in [0.1, 0.15) is 0 Å². The van der Waals surface area contributed by atoms with Crippen molar-refractivity contribution in [1.29, 1.82) is 0 Å². The molecule has 0 aliphatic carbocycles. The Kier molecular flexibility index (Phi) is 5.25. The molecule has 0 aromatic rings. The first-order valence-corrected chi connectivity index (χ1v) is 3.30. The third-order valence-corrected chi connectivity index (χ3v) is 1.14. The topological polar surface area (TPSA) is 55.7 Å². The van der Waals surface area contributed by atoms with Crippen molar-refractivity contribution in [3.05, 3.63) is 0 Å². The maximum absolute atomic E-state index is 10.6. The highest BCUT2D eigenvalue weighted by Gasteiger charge is 2.06. The van der Waals surface area contributed by atoms with Crippen molar-refractivity contribution in [2.75, 3.05) is 13.7 Å². The molecule has 0 saturated heterocycles. The summed E-state index contributed by atoms with van der Waals surface area (Å²) < 4.78 is 4.79. The van der Waals surface area contributed by atoms with Crippen LogP contribution in [0.1, 0.15) is 13.3 Å². The first kappa shape index (κ1) is 10.0. The molecule has 0 aliphatic rings. The Bertz CT molecular complexity index is 173. The van der Waals surface area contributed by atoms with E-state index in [1.54, 1.807) is 7.11 Å². The molecule has 0 heterocycles. The lowest BCUT2D eigenvalue weighted by atomic mass is 10.1. The number of ether oxygens (including phenoxy) is 1. The second-order valence-electron chi connectivity index (χ2n) is 2.36. The second-order valence-corrected chi connectivity index (χ2v) is 2.36. The molecule has 0 rings (SSSR count). The van der Waals surface area contributed by atoms with Gasteiger partial charge in [0.25, 0.3) is 5.91 Å². The van der Waals surface area contributed by atoms with Crippen molar-refractivity contribution >= 4 is 12.0 Å². The minimum atomic E-state index is -0.440. The summed E-state index contributed by atoms with van der Waals surface area (Å²) in [6.07, 6.45) is 1.44. The molecule has 0 radical (unpaired) electrons. The van der Waals surface area contributed by atoms with Gasteiger partial charge in [-0.25, -0.2) is 4.79 Å². The molecule has 0 bridgehead atoms. The summed E-state index contributed by atoms with van der Waals surface area (Å²) in [5, 5.41) is 0. The number of hydrogen-bond acceptors (Lipinski definition) is 3. The van der Waals surface area contributed by atoms with Crippen LogP contribution in [0.3, 0.4) is 0 Å². The summed E-state index contributed by atoms with van der Waals surface area (Å²) in [7, 11) is 1.56. The zero-order valence-electron chi connectivity index (χ0n) is 6.66.